The van der Waals surface area contributed by atoms with Crippen molar-refractivity contribution in [2.24, 2.45) is 14.1 Å². The topological polar surface area (TPSA) is 9.86 Å². The summed E-state index contributed by atoms with van der Waals surface area (Å²) in [6.07, 6.45) is 0. The lowest BCUT2D eigenvalue weighted by molar-refractivity contribution is 1.01. The Morgan fingerprint density at radius 2 is 1.00 bits per heavy atom. The SMILES string of the molecule is Cn1c2ccccc2c2cc(-c3ccc4c(c3)c3c5ccccc5ccc3n4C)ccc21. The van der Waals surface area contributed by atoms with Crippen molar-refractivity contribution in [3.63, 3.8) is 0 Å². The molecule has 2 nitrogen and oxygen atoms in total. The van der Waals surface area contributed by atoms with Crippen molar-refractivity contribution >= 4 is 54.4 Å². The van der Waals surface area contributed by atoms with Gasteiger partial charge in [0, 0.05) is 57.7 Å². The van der Waals surface area contributed by atoms with Gasteiger partial charge in [-0.15, -0.1) is 0 Å². The quantitative estimate of drug-likeness (QED) is 0.261. The lowest BCUT2D eigenvalue weighted by Crippen LogP contribution is -1.87. The molecule has 0 saturated carbocycles. The smallest absolute Gasteiger partial charge is 0.0495 e. The Kier molecular flexibility index (Phi) is 3.44. The number of aromatic nitrogens is 2. The zero-order chi connectivity index (χ0) is 21.4. The van der Waals surface area contributed by atoms with Crippen molar-refractivity contribution in [3.8, 4) is 11.1 Å². The molecule has 0 aliphatic carbocycles. The van der Waals surface area contributed by atoms with Crippen LogP contribution in [0.4, 0.5) is 0 Å². The zero-order valence-corrected chi connectivity index (χ0v) is 18.1. The van der Waals surface area contributed by atoms with Crippen LogP contribution in [0.2, 0.25) is 0 Å². The van der Waals surface area contributed by atoms with Crippen LogP contribution in [0, 0.1) is 0 Å². The van der Waals surface area contributed by atoms with E-state index in [0.29, 0.717) is 0 Å². The molecular formula is C30H22N2. The zero-order valence-electron chi connectivity index (χ0n) is 18.1. The Labute approximate surface area is 185 Å². The number of benzene rings is 5. The molecule has 0 saturated heterocycles. The molecule has 152 valence electrons. The Hall–Kier alpha value is -4.04. The van der Waals surface area contributed by atoms with Crippen LogP contribution < -0.4 is 0 Å². The van der Waals surface area contributed by atoms with Gasteiger partial charge in [-0.05, 0) is 58.3 Å². The van der Waals surface area contributed by atoms with Crippen molar-refractivity contribution in [3.05, 3.63) is 97.1 Å². The number of fused-ring (bicyclic) bond motifs is 8. The van der Waals surface area contributed by atoms with E-state index in [4.69, 9.17) is 0 Å². The molecule has 0 aliphatic rings. The number of rotatable bonds is 1. The first kappa shape index (κ1) is 17.6. The monoisotopic (exact) mass is 410 g/mol. The highest BCUT2D eigenvalue weighted by atomic mass is 14.9. The molecular weight excluding hydrogens is 388 g/mol. The third-order valence-corrected chi connectivity index (χ3v) is 7.14. The van der Waals surface area contributed by atoms with E-state index in [0.717, 1.165) is 0 Å². The summed E-state index contributed by atoms with van der Waals surface area (Å²) in [6.45, 7) is 0. The lowest BCUT2D eigenvalue weighted by Gasteiger charge is -2.05. The largest absolute Gasteiger partial charge is 0.344 e. The summed E-state index contributed by atoms with van der Waals surface area (Å²) in [5, 5.41) is 7.88. The van der Waals surface area contributed by atoms with E-state index in [1.165, 1.54) is 65.5 Å². The molecule has 2 heterocycles. The number of aryl methyl sites for hydroxylation is 2. The summed E-state index contributed by atoms with van der Waals surface area (Å²) in [5.74, 6) is 0. The minimum absolute atomic E-state index is 1.26. The number of para-hydroxylation sites is 1. The summed E-state index contributed by atoms with van der Waals surface area (Å²) in [7, 11) is 4.32. The second-order valence-corrected chi connectivity index (χ2v) is 8.78. The second-order valence-electron chi connectivity index (χ2n) is 8.78. The van der Waals surface area contributed by atoms with Gasteiger partial charge in [-0.3, -0.25) is 0 Å². The predicted molar refractivity (Wildman–Crippen MR) is 137 cm³/mol. The van der Waals surface area contributed by atoms with Gasteiger partial charge in [-0.1, -0.05) is 60.7 Å². The van der Waals surface area contributed by atoms with Crippen molar-refractivity contribution < 1.29 is 0 Å². The van der Waals surface area contributed by atoms with Crippen molar-refractivity contribution in [1.29, 1.82) is 0 Å². The molecule has 5 aromatic carbocycles. The van der Waals surface area contributed by atoms with Gasteiger partial charge in [0.05, 0.1) is 0 Å². The summed E-state index contributed by atoms with van der Waals surface area (Å²) in [5.41, 5.74) is 7.61. The van der Waals surface area contributed by atoms with Gasteiger partial charge in [-0.2, -0.15) is 0 Å². The van der Waals surface area contributed by atoms with Crippen LogP contribution in [0.5, 0.6) is 0 Å². The van der Waals surface area contributed by atoms with E-state index in [1.807, 2.05) is 0 Å². The molecule has 32 heavy (non-hydrogen) atoms. The minimum Gasteiger partial charge on any atom is -0.344 e. The molecule has 7 aromatic rings. The maximum Gasteiger partial charge on any atom is 0.0495 e. The fourth-order valence-corrected chi connectivity index (χ4v) is 5.51. The molecule has 2 heteroatoms. The molecule has 0 amide bonds. The third kappa shape index (κ3) is 2.24. The fourth-order valence-electron chi connectivity index (χ4n) is 5.51. The third-order valence-electron chi connectivity index (χ3n) is 7.14. The van der Waals surface area contributed by atoms with Gasteiger partial charge < -0.3 is 9.13 Å². The van der Waals surface area contributed by atoms with E-state index in [9.17, 15) is 0 Å². The van der Waals surface area contributed by atoms with Gasteiger partial charge in [0.25, 0.3) is 0 Å². The van der Waals surface area contributed by atoms with Crippen molar-refractivity contribution in [2.45, 2.75) is 0 Å². The van der Waals surface area contributed by atoms with Gasteiger partial charge in [0.15, 0.2) is 0 Å². The lowest BCUT2D eigenvalue weighted by atomic mass is 9.99. The summed E-state index contributed by atoms with van der Waals surface area (Å²) >= 11 is 0. The van der Waals surface area contributed by atoms with E-state index in [-0.39, 0.29) is 0 Å². The van der Waals surface area contributed by atoms with E-state index in [1.54, 1.807) is 0 Å². The second kappa shape index (κ2) is 6.24. The van der Waals surface area contributed by atoms with Gasteiger partial charge in [0.2, 0.25) is 0 Å². The van der Waals surface area contributed by atoms with Crippen LogP contribution in [0.1, 0.15) is 0 Å². The average molecular weight is 411 g/mol. The van der Waals surface area contributed by atoms with Crippen LogP contribution in [-0.4, -0.2) is 9.13 Å². The normalized spacial score (nSPS) is 12.1. The summed E-state index contributed by atoms with van der Waals surface area (Å²) in [6, 6.07) is 35.6. The molecule has 0 atom stereocenters. The average Bonchev–Trinajstić information content (AvgIpc) is 3.30. The summed E-state index contributed by atoms with van der Waals surface area (Å²) in [4.78, 5) is 0. The highest BCUT2D eigenvalue weighted by Gasteiger charge is 2.13. The first-order valence-corrected chi connectivity index (χ1v) is 11.1. The molecule has 2 aromatic heterocycles. The van der Waals surface area contributed by atoms with Gasteiger partial charge >= 0.3 is 0 Å². The van der Waals surface area contributed by atoms with Crippen LogP contribution >= 0.6 is 0 Å². The van der Waals surface area contributed by atoms with Crippen molar-refractivity contribution in [2.75, 3.05) is 0 Å². The maximum atomic E-state index is 2.37. The van der Waals surface area contributed by atoms with E-state index in [2.05, 4.69) is 120 Å². The minimum atomic E-state index is 1.26. The Balaban J connectivity index is 1.54. The number of nitrogens with zero attached hydrogens (tertiary/aromatic N) is 2. The molecule has 0 aliphatic heterocycles. The van der Waals surface area contributed by atoms with Crippen LogP contribution in [0.25, 0.3) is 65.5 Å². The molecule has 7 rings (SSSR count). The molecule has 0 radical (unpaired) electrons. The molecule has 0 bridgehead atoms. The maximum absolute atomic E-state index is 2.37. The predicted octanol–water partition coefficient (Wildman–Crippen LogP) is 7.80. The molecule has 0 spiro atoms. The van der Waals surface area contributed by atoms with Crippen molar-refractivity contribution in [1.82, 2.24) is 9.13 Å². The fraction of sp³-hybridized carbons (Fsp3) is 0.0667. The molecule has 0 fully saturated rings. The first-order chi connectivity index (χ1) is 15.7. The highest BCUT2D eigenvalue weighted by Crippen LogP contribution is 2.37. The summed E-state index contributed by atoms with van der Waals surface area (Å²) < 4.78 is 4.60. The van der Waals surface area contributed by atoms with Crippen LogP contribution in [0.3, 0.4) is 0 Å². The van der Waals surface area contributed by atoms with Crippen LogP contribution in [0.15, 0.2) is 97.1 Å². The Bertz CT molecular complexity index is 1850. The first-order valence-electron chi connectivity index (χ1n) is 11.1. The van der Waals surface area contributed by atoms with E-state index >= 15 is 0 Å². The Morgan fingerprint density at radius 1 is 0.438 bits per heavy atom. The van der Waals surface area contributed by atoms with E-state index < -0.39 is 0 Å². The number of hydrogen-bond donors (Lipinski definition) is 0. The molecule has 0 N–H and O–H groups in total. The Morgan fingerprint density at radius 3 is 1.81 bits per heavy atom. The van der Waals surface area contributed by atoms with Gasteiger partial charge in [0.1, 0.15) is 0 Å². The van der Waals surface area contributed by atoms with Gasteiger partial charge in [-0.25, -0.2) is 0 Å². The molecule has 0 unspecified atom stereocenters. The standard InChI is InChI=1S/C30H22N2/c1-31-26-10-6-5-9-23(26)24-17-20(12-14-27(24)31)21-13-15-28-25(18-21)30-22-8-4-3-7-19(22)11-16-29(30)32(28)2/h3-18H,1-2H3. The van der Waals surface area contributed by atoms with Crippen LogP contribution in [-0.2, 0) is 14.1 Å². The number of hydrogen-bond acceptors (Lipinski definition) is 0. The highest BCUT2D eigenvalue weighted by molar-refractivity contribution is 6.21.